The first-order valence-corrected chi connectivity index (χ1v) is 14.1. The van der Waals surface area contributed by atoms with E-state index in [4.69, 9.17) is 15.2 Å². The van der Waals surface area contributed by atoms with Crippen LogP contribution in [0.5, 0.6) is 0 Å². The van der Waals surface area contributed by atoms with E-state index in [1.54, 1.807) is 37.4 Å². The molecule has 3 atom stereocenters. The van der Waals surface area contributed by atoms with Gasteiger partial charge in [0.05, 0.1) is 11.8 Å². The number of rotatable bonds is 6. The first kappa shape index (κ1) is 27.2. The van der Waals surface area contributed by atoms with E-state index >= 15 is 0 Å². The number of esters is 2. The number of fused-ring (bicyclic) bond motifs is 1. The van der Waals surface area contributed by atoms with Gasteiger partial charge in [-0.2, -0.15) is 0 Å². The van der Waals surface area contributed by atoms with Crippen LogP contribution in [0.1, 0.15) is 73.1 Å². The quantitative estimate of drug-likeness (QED) is 0.186. The highest BCUT2D eigenvalue weighted by atomic mass is 32.2. The molecule has 4 fully saturated rings. The van der Waals surface area contributed by atoms with Crippen LogP contribution in [0.4, 0.5) is 0 Å². The molecule has 202 valence electrons. The number of hydrogen-bond acceptors (Lipinski definition) is 8. The standard InChI is InChI=1S/C26H42N4O5S/c1-24(2,3)23(33)35-16-34-22(32)19-25(4,5)36-21-18(20(31)30(19)21)28-15-29-12-10-26(11-13-29)8-6-17(14-27)7-9-26/h15,17-19,21H,6-14,16,27H2,1-5H3/t18-,19+,21-/m1/s1. The van der Waals surface area contributed by atoms with Crippen LogP contribution < -0.4 is 5.73 Å². The summed E-state index contributed by atoms with van der Waals surface area (Å²) in [6.45, 7) is 11.3. The average Bonchev–Trinajstić information content (AvgIpc) is 3.08. The maximum Gasteiger partial charge on any atom is 0.333 e. The van der Waals surface area contributed by atoms with Gasteiger partial charge in [-0.3, -0.25) is 14.6 Å². The highest BCUT2D eigenvalue weighted by Crippen LogP contribution is 2.52. The summed E-state index contributed by atoms with van der Waals surface area (Å²) in [6.07, 6.45) is 9.22. The summed E-state index contributed by atoms with van der Waals surface area (Å²) in [5.74, 6) is -0.472. The number of β-lactam (4-membered cyclic amide) rings is 1. The zero-order valence-electron chi connectivity index (χ0n) is 22.3. The molecule has 10 heteroatoms. The third-order valence-electron chi connectivity index (χ3n) is 8.39. The number of likely N-dealkylation sites (tertiary alicyclic amines) is 1. The van der Waals surface area contributed by atoms with Gasteiger partial charge in [-0.05, 0) is 91.0 Å². The summed E-state index contributed by atoms with van der Waals surface area (Å²) in [5.41, 5.74) is 5.64. The van der Waals surface area contributed by atoms with Crippen molar-refractivity contribution >= 4 is 35.9 Å². The van der Waals surface area contributed by atoms with E-state index in [0.29, 0.717) is 11.3 Å². The molecule has 1 spiro atoms. The van der Waals surface area contributed by atoms with Crippen LogP contribution in [-0.2, 0) is 23.9 Å². The Hall–Kier alpha value is -1.81. The maximum atomic E-state index is 13.0. The Bertz CT molecular complexity index is 883. The number of thioether (sulfide) groups is 1. The topological polar surface area (TPSA) is 115 Å². The summed E-state index contributed by atoms with van der Waals surface area (Å²) < 4.78 is 9.78. The molecule has 3 saturated heterocycles. The molecule has 4 rings (SSSR count). The molecular weight excluding hydrogens is 480 g/mol. The van der Waals surface area contributed by atoms with Gasteiger partial charge in [-0.25, -0.2) is 4.79 Å². The third kappa shape index (κ3) is 5.39. The van der Waals surface area contributed by atoms with Gasteiger partial charge in [0.25, 0.3) is 5.91 Å². The zero-order valence-corrected chi connectivity index (χ0v) is 23.1. The van der Waals surface area contributed by atoms with E-state index in [2.05, 4.69) is 9.89 Å². The molecule has 0 aromatic heterocycles. The molecule has 0 radical (unpaired) electrons. The number of ether oxygens (including phenoxy) is 2. The Labute approximate surface area is 218 Å². The highest BCUT2D eigenvalue weighted by Gasteiger charge is 2.64. The van der Waals surface area contributed by atoms with Crippen LogP contribution in [0.15, 0.2) is 4.99 Å². The predicted molar refractivity (Wildman–Crippen MR) is 139 cm³/mol. The Morgan fingerprint density at radius 3 is 2.36 bits per heavy atom. The summed E-state index contributed by atoms with van der Waals surface area (Å²) in [6, 6.07) is -1.22. The lowest BCUT2D eigenvalue weighted by molar-refractivity contribution is -0.179. The Morgan fingerprint density at radius 1 is 1.14 bits per heavy atom. The van der Waals surface area contributed by atoms with E-state index in [-0.39, 0.29) is 11.3 Å². The third-order valence-corrected chi connectivity index (χ3v) is 9.95. The van der Waals surface area contributed by atoms with Crippen molar-refractivity contribution in [3.05, 3.63) is 0 Å². The number of carbonyl (C=O) groups excluding carboxylic acids is 3. The molecule has 9 nitrogen and oxygen atoms in total. The summed E-state index contributed by atoms with van der Waals surface area (Å²) in [4.78, 5) is 46.3. The molecule has 0 unspecified atom stereocenters. The zero-order chi connectivity index (χ0) is 26.3. The van der Waals surface area contributed by atoms with Crippen molar-refractivity contribution in [2.24, 2.45) is 27.5 Å². The molecule has 36 heavy (non-hydrogen) atoms. The number of carbonyl (C=O) groups is 3. The molecular formula is C26H42N4O5S. The molecule has 4 aliphatic rings. The Kier molecular flexibility index (Phi) is 7.68. The minimum atomic E-state index is -0.738. The molecule has 3 aliphatic heterocycles. The minimum absolute atomic E-state index is 0.156. The smallest absolute Gasteiger partial charge is 0.333 e. The van der Waals surface area contributed by atoms with E-state index in [1.165, 1.54) is 38.5 Å². The van der Waals surface area contributed by atoms with Crippen molar-refractivity contribution < 1.29 is 23.9 Å². The maximum absolute atomic E-state index is 13.0. The molecule has 2 N–H and O–H groups in total. The van der Waals surface area contributed by atoms with Gasteiger partial charge in [-0.1, -0.05) is 0 Å². The van der Waals surface area contributed by atoms with E-state index < -0.39 is 41.0 Å². The first-order chi connectivity index (χ1) is 16.9. The molecule has 0 bridgehead atoms. The van der Waals surface area contributed by atoms with Gasteiger partial charge >= 0.3 is 11.9 Å². The normalized spacial score (nSPS) is 29.8. The lowest BCUT2D eigenvalue weighted by Gasteiger charge is -2.46. The van der Waals surface area contributed by atoms with Crippen LogP contribution in [0.3, 0.4) is 0 Å². The van der Waals surface area contributed by atoms with Crippen molar-refractivity contribution in [2.75, 3.05) is 26.4 Å². The molecule has 0 aromatic carbocycles. The van der Waals surface area contributed by atoms with Crippen LogP contribution in [0.25, 0.3) is 0 Å². The number of nitrogens with two attached hydrogens (primary N) is 1. The second kappa shape index (κ2) is 10.2. The molecule has 1 amide bonds. The number of aliphatic imine (C=N–C) groups is 1. The van der Waals surface area contributed by atoms with E-state index in [0.717, 1.165) is 19.6 Å². The predicted octanol–water partition coefficient (Wildman–Crippen LogP) is 2.77. The van der Waals surface area contributed by atoms with Crippen molar-refractivity contribution in [2.45, 2.75) is 95.3 Å². The second-order valence-corrected chi connectivity index (χ2v) is 14.2. The fourth-order valence-electron chi connectivity index (χ4n) is 5.85. The first-order valence-electron chi connectivity index (χ1n) is 13.2. The number of hydrogen-bond donors (Lipinski definition) is 1. The van der Waals surface area contributed by atoms with Crippen molar-refractivity contribution in [1.29, 1.82) is 0 Å². The minimum Gasteiger partial charge on any atom is -0.427 e. The monoisotopic (exact) mass is 522 g/mol. The summed E-state index contributed by atoms with van der Waals surface area (Å²) in [7, 11) is 0. The van der Waals surface area contributed by atoms with Crippen LogP contribution >= 0.6 is 11.8 Å². The molecule has 3 heterocycles. The fraction of sp³-hybridized carbons (Fsp3) is 0.846. The Morgan fingerprint density at radius 2 is 1.78 bits per heavy atom. The molecule has 1 aliphatic carbocycles. The van der Waals surface area contributed by atoms with E-state index in [1.807, 2.05) is 20.2 Å². The summed E-state index contributed by atoms with van der Waals surface area (Å²) >= 11 is 1.57. The van der Waals surface area contributed by atoms with Crippen LogP contribution in [0.2, 0.25) is 0 Å². The molecule has 1 saturated carbocycles. The van der Waals surface area contributed by atoms with Gasteiger partial charge in [0, 0.05) is 17.8 Å². The largest absolute Gasteiger partial charge is 0.427 e. The summed E-state index contributed by atoms with van der Waals surface area (Å²) in [5, 5.41) is -0.193. The SMILES string of the molecule is CC(C)(C)C(=O)OCOC(=O)[C@@H]1N2C(=O)[C@@H](N=CN3CCC4(CCC(CN)CC4)CC3)[C@H]2SC1(C)C. The van der Waals surface area contributed by atoms with E-state index in [9.17, 15) is 14.4 Å². The lowest BCUT2D eigenvalue weighted by atomic mass is 9.65. The van der Waals surface area contributed by atoms with Crippen LogP contribution in [-0.4, -0.2) is 82.6 Å². The average molecular weight is 523 g/mol. The molecule has 0 aromatic rings. The Balaban J connectivity index is 1.28. The van der Waals surface area contributed by atoms with Gasteiger partial charge < -0.3 is 25.0 Å². The van der Waals surface area contributed by atoms with Crippen LogP contribution in [0, 0.1) is 16.7 Å². The van der Waals surface area contributed by atoms with Gasteiger partial charge in [-0.15, -0.1) is 11.8 Å². The lowest BCUT2D eigenvalue weighted by Crippen LogP contribution is -2.65. The van der Waals surface area contributed by atoms with Gasteiger partial charge in [0.1, 0.15) is 11.4 Å². The number of nitrogens with zero attached hydrogens (tertiary/aromatic N) is 3. The van der Waals surface area contributed by atoms with Crippen molar-refractivity contribution in [3.8, 4) is 0 Å². The fourth-order valence-corrected chi connectivity index (χ4v) is 7.47. The number of amides is 1. The van der Waals surface area contributed by atoms with Crippen molar-refractivity contribution in [3.63, 3.8) is 0 Å². The number of piperidine rings is 1. The second-order valence-electron chi connectivity index (χ2n) is 12.4. The van der Waals surface area contributed by atoms with Gasteiger partial charge in [0.15, 0.2) is 6.04 Å². The van der Waals surface area contributed by atoms with Gasteiger partial charge in [0.2, 0.25) is 6.79 Å². The highest BCUT2D eigenvalue weighted by molar-refractivity contribution is 8.01. The van der Waals surface area contributed by atoms with Crippen molar-refractivity contribution in [1.82, 2.24) is 9.80 Å².